The number of aliphatic hydroxyl groups excluding tert-OH is 1. The van der Waals surface area contributed by atoms with E-state index >= 15 is 0 Å². The largest absolute Gasteiger partial charge is 0.395 e. The predicted octanol–water partition coefficient (Wildman–Crippen LogP) is 1.39. The van der Waals surface area contributed by atoms with Gasteiger partial charge in [0.1, 0.15) is 0 Å². The highest BCUT2D eigenvalue weighted by Gasteiger charge is 2.25. The number of anilines is 2. The maximum Gasteiger partial charge on any atom is 0.313 e. The Morgan fingerprint density at radius 3 is 2.77 bits per heavy atom. The summed E-state index contributed by atoms with van der Waals surface area (Å²) in [5.74, 6) is -1.70. The maximum atomic E-state index is 12.7. The van der Waals surface area contributed by atoms with E-state index in [-0.39, 0.29) is 19.1 Å². The Labute approximate surface area is 154 Å². The number of benzene rings is 1. The van der Waals surface area contributed by atoms with E-state index in [0.29, 0.717) is 17.1 Å². The number of aryl methyl sites for hydroxylation is 1. The quantitative estimate of drug-likeness (QED) is 0.705. The van der Waals surface area contributed by atoms with Crippen molar-refractivity contribution in [3.63, 3.8) is 0 Å². The Morgan fingerprint density at radius 1 is 1.19 bits per heavy atom. The van der Waals surface area contributed by atoms with E-state index in [1.165, 1.54) is 11.3 Å². The number of fused-ring (bicyclic) bond motifs is 1. The first-order valence-electron chi connectivity index (χ1n) is 8.28. The van der Waals surface area contributed by atoms with Crippen molar-refractivity contribution in [1.82, 2.24) is 5.32 Å². The predicted molar refractivity (Wildman–Crippen MR) is 99.5 cm³/mol. The molecule has 26 heavy (non-hydrogen) atoms. The molecule has 0 aliphatic carbocycles. The highest BCUT2D eigenvalue weighted by molar-refractivity contribution is 7.12. The minimum absolute atomic E-state index is 0.0134. The van der Waals surface area contributed by atoms with Crippen LogP contribution < -0.4 is 15.5 Å². The number of nitrogens with one attached hydrogen (secondary N) is 2. The molecule has 7 nitrogen and oxygen atoms in total. The maximum absolute atomic E-state index is 12.7. The Balaban J connectivity index is 1.79. The molecule has 1 aromatic heterocycles. The number of amides is 3. The second-order valence-corrected chi connectivity index (χ2v) is 6.76. The van der Waals surface area contributed by atoms with Crippen molar-refractivity contribution in [2.75, 3.05) is 29.9 Å². The Morgan fingerprint density at radius 2 is 2.04 bits per heavy atom. The molecule has 0 unspecified atom stereocenters. The zero-order chi connectivity index (χ0) is 18.5. The van der Waals surface area contributed by atoms with E-state index < -0.39 is 11.8 Å². The molecule has 1 aromatic carbocycles. The smallest absolute Gasteiger partial charge is 0.313 e. The number of hydrogen-bond acceptors (Lipinski definition) is 5. The highest BCUT2D eigenvalue weighted by Crippen LogP contribution is 2.31. The van der Waals surface area contributed by atoms with Crippen LogP contribution in [0.5, 0.6) is 0 Å². The molecule has 0 spiro atoms. The monoisotopic (exact) mass is 373 g/mol. The van der Waals surface area contributed by atoms with Crippen molar-refractivity contribution in [3.05, 3.63) is 46.2 Å². The Kier molecular flexibility index (Phi) is 5.65. The van der Waals surface area contributed by atoms with Gasteiger partial charge in [0.25, 0.3) is 5.91 Å². The van der Waals surface area contributed by atoms with Crippen LogP contribution in [0, 0.1) is 0 Å². The van der Waals surface area contributed by atoms with Crippen molar-refractivity contribution in [2.45, 2.75) is 12.8 Å². The second kappa shape index (κ2) is 8.11. The van der Waals surface area contributed by atoms with Crippen molar-refractivity contribution >= 4 is 40.4 Å². The van der Waals surface area contributed by atoms with Gasteiger partial charge in [-0.2, -0.15) is 0 Å². The summed E-state index contributed by atoms with van der Waals surface area (Å²) >= 11 is 1.39. The summed E-state index contributed by atoms with van der Waals surface area (Å²) < 4.78 is 0. The summed E-state index contributed by atoms with van der Waals surface area (Å²) in [5.41, 5.74) is 2.23. The molecule has 0 radical (unpaired) electrons. The minimum Gasteiger partial charge on any atom is -0.395 e. The van der Waals surface area contributed by atoms with Gasteiger partial charge in [-0.1, -0.05) is 12.1 Å². The van der Waals surface area contributed by atoms with Crippen LogP contribution >= 0.6 is 11.3 Å². The van der Waals surface area contributed by atoms with Crippen LogP contribution in [-0.2, 0) is 16.0 Å². The van der Waals surface area contributed by atoms with Crippen LogP contribution in [0.2, 0.25) is 0 Å². The van der Waals surface area contributed by atoms with Crippen molar-refractivity contribution in [3.8, 4) is 0 Å². The number of hydrogen-bond donors (Lipinski definition) is 3. The number of nitrogens with zero attached hydrogens (tertiary/aromatic N) is 1. The van der Waals surface area contributed by atoms with Crippen molar-refractivity contribution < 1.29 is 19.5 Å². The van der Waals surface area contributed by atoms with Crippen LogP contribution in [0.1, 0.15) is 21.7 Å². The summed E-state index contributed by atoms with van der Waals surface area (Å²) in [4.78, 5) is 38.7. The topological polar surface area (TPSA) is 98.7 Å². The molecule has 8 heteroatoms. The number of carbonyl (C=O) groups is 3. The first-order valence-corrected chi connectivity index (χ1v) is 9.16. The summed E-state index contributed by atoms with van der Waals surface area (Å²) in [6.45, 7) is 0.384. The average molecular weight is 373 g/mol. The molecule has 0 saturated carbocycles. The molecule has 2 heterocycles. The van der Waals surface area contributed by atoms with Gasteiger partial charge in [-0.3, -0.25) is 14.4 Å². The van der Waals surface area contributed by atoms with Crippen LogP contribution in [0.4, 0.5) is 11.4 Å². The van der Waals surface area contributed by atoms with E-state index in [9.17, 15) is 14.4 Å². The normalized spacial score (nSPS) is 13.0. The molecule has 3 amide bonds. The van der Waals surface area contributed by atoms with Gasteiger partial charge in [-0.25, -0.2) is 0 Å². The molecule has 1 aliphatic rings. The lowest BCUT2D eigenvalue weighted by atomic mass is 10.0. The van der Waals surface area contributed by atoms with Gasteiger partial charge in [-0.05, 0) is 42.0 Å². The van der Waals surface area contributed by atoms with Gasteiger partial charge in [0.2, 0.25) is 0 Å². The summed E-state index contributed by atoms with van der Waals surface area (Å²) in [7, 11) is 0. The van der Waals surface area contributed by atoms with E-state index in [2.05, 4.69) is 10.6 Å². The minimum atomic E-state index is -0.816. The first-order chi connectivity index (χ1) is 12.6. The van der Waals surface area contributed by atoms with E-state index in [4.69, 9.17) is 5.11 Å². The van der Waals surface area contributed by atoms with Crippen molar-refractivity contribution in [2.24, 2.45) is 0 Å². The molecular formula is C18H19N3O4S. The molecule has 0 bridgehead atoms. The lowest BCUT2D eigenvalue weighted by Crippen LogP contribution is -2.37. The van der Waals surface area contributed by atoms with Gasteiger partial charge >= 0.3 is 11.8 Å². The third-order valence-corrected chi connectivity index (χ3v) is 4.90. The second-order valence-electron chi connectivity index (χ2n) is 5.81. The first kappa shape index (κ1) is 18.1. The fraction of sp³-hybridized carbons (Fsp3) is 0.278. The third kappa shape index (κ3) is 3.92. The van der Waals surface area contributed by atoms with Gasteiger partial charge in [0.05, 0.1) is 11.5 Å². The lowest BCUT2D eigenvalue weighted by molar-refractivity contribution is -0.136. The van der Waals surface area contributed by atoms with Gasteiger partial charge in [0, 0.05) is 24.5 Å². The van der Waals surface area contributed by atoms with Crippen LogP contribution in [0.3, 0.4) is 0 Å². The van der Waals surface area contributed by atoms with Crippen LogP contribution in [0.25, 0.3) is 0 Å². The average Bonchev–Trinajstić information content (AvgIpc) is 3.19. The molecule has 3 rings (SSSR count). The molecule has 136 valence electrons. The van der Waals surface area contributed by atoms with Crippen LogP contribution in [-0.4, -0.2) is 42.5 Å². The van der Waals surface area contributed by atoms with E-state index in [1.807, 2.05) is 17.5 Å². The van der Waals surface area contributed by atoms with Gasteiger partial charge in [-0.15, -0.1) is 11.3 Å². The fourth-order valence-electron chi connectivity index (χ4n) is 2.83. The van der Waals surface area contributed by atoms with E-state index in [1.54, 1.807) is 23.1 Å². The van der Waals surface area contributed by atoms with Gasteiger partial charge in [0.15, 0.2) is 0 Å². The summed E-state index contributed by atoms with van der Waals surface area (Å²) in [5, 5.41) is 15.4. The van der Waals surface area contributed by atoms with E-state index in [0.717, 1.165) is 24.1 Å². The SMILES string of the molecule is O=C(NCCO)C(=O)Nc1ccc2c(c1)N(C(=O)c1cccs1)CCC2. The summed E-state index contributed by atoms with van der Waals surface area (Å²) in [6.07, 6.45) is 1.73. The van der Waals surface area contributed by atoms with Crippen LogP contribution in [0.15, 0.2) is 35.7 Å². The molecule has 3 N–H and O–H groups in total. The van der Waals surface area contributed by atoms with Crippen molar-refractivity contribution in [1.29, 1.82) is 0 Å². The lowest BCUT2D eigenvalue weighted by Gasteiger charge is -2.29. The highest BCUT2D eigenvalue weighted by atomic mass is 32.1. The fourth-order valence-corrected chi connectivity index (χ4v) is 3.51. The molecule has 0 atom stereocenters. The zero-order valence-corrected chi connectivity index (χ0v) is 14.8. The third-order valence-electron chi connectivity index (χ3n) is 4.04. The zero-order valence-electron chi connectivity index (χ0n) is 14.0. The molecule has 1 aliphatic heterocycles. The number of carbonyl (C=O) groups excluding carboxylic acids is 3. The number of rotatable bonds is 4. The summed E-state index contributed by atoms with van der Waals surface area (Å²) in [6, 6.07) is 8.93. The standard InChI is InChI=1S/C18H19N3O4S/c22-9-7-19-16(23)17(24)20-13-6-5-12-3-1-8-21(14(12)11-13)18(25)15-4-2-10-26-15/h2,4-6,10-11,22H,1,3,7-9H2,(H,19,23)(H,20,24). The Hall–Kier alpha value is -2.71. The number of aliphatic hydroxyl groups is 1. The Bertz CT molecular complexity index is 820. The molecular weight excluding hydrogens is 354 g/mol. The molecule has 0 fully saturated rings. The van der Waals surface area contributed by atoms with Gasteiger partial charge < -0.3 is 20.6 Å². The number of thiophene rings is 1. The molecule has 2 aromatic rings. The molecule has 0 saturated heterocycles.